The van der Waals surface area contributed by atoms with Gasteiger partial charge in [0.1, 0.15) is 0 Å². The Morgan fingerprint density at radius 2 is 2.27 bits per heavy atom. The van der Waals surface area contributed by atoms with Crippen LogP contribution in [0.25, 0.3) is 0 Å². The molecule has 2 unspecified atom stereocenters. The van der Waals surface area contributed by atoms with Gasteiger partial charge in [-0.2, -0.15) is 5.26 Å². The third kappa shape index (κ3) is 2.50. The largest absolute Gasteiger partial charge is 0.327 e. The average Bonchev–Trinajstić information content (AvgIpc) is 2.92. The first kappa shape index (κ1) is 10.9. The van der Waals surface area contributed by atoms with Crippen molar-refractivity contribution >= 4 is 0 Å². The van der Waals surface area contributed by atoms with Crippen LogP contribution in [0, 0.1) is 22.7 Å². The topological polar surface area (TPSA) is 53.0 Å². The van der Waals surface area contributed by atoms with Crippen molar-refractivity contribution in [3.05, 3.63) is 0 Å². The summed E-state index contributed by atoms with van der Waals surface area (Å²) in [5.41, 5.74) is 6.36. The van der Waals surface area contributed by atoms with E-state index in [1.165, 1.54) is 12.8 Å². The van der Waals surface area contributed by atoms with Gasteiger partial charge in [-0.1, -0.05) is 6.92 Å². The Morgan fingerprint density at radius 1 is 1.53 bits per heavy atom. The molecule has 1 aliphatic heterocycles. The van der Waals surface area contributed by atoms with Crippen molar-refractivity contribution in [2.45, 2.75) is 38.6 Å². The van der Waals surface area contributed by atoms with Gasteiger partial charge in [0.15, 0.2) is 0 Å². The van der Waals surface area contributed by atoms with Crippen molar-refractivity contribution in [2.24, 2.45) is 17.1 Å². The number of hydrogen-bond acceptors (Lipinski definition) is 3. The summed E-state index contributed by atoms with van der Waals surface area (Å²) in [7, 11) is 0. The molecular formula is C12H21N3. The molecule has 0 aromatic heterocycles. The first-order valence-electron chi connectivity index (χ1n) is 6.00. The van der Waals surface area contributed by atoms with E-state index in [9.17, 15) is 0 Å². The van der Waals surface area contributed by atoms with Gasteiger partial charge in [0, 0.05) is 25.6 Å². The molecule has 2 N–H and O–H groups in total. The highest BCUT2D eigenvalue weighted by Gasteiger charge is 2.44. The van der Waals surface area contributed by atoms with Gasteiger partial charge in [0.05, 0.1) is 6.07 Å². The third-order valence-electron chi connectivity index (χ3n) is 4.03. The number of nitrogens with two attached hydrogens (primary N) is 1. The zero-order chi connectivity index (χ0) is 10.9. The summed E-state index contributed by atoms with van der Waals surface area (Å²) in [4.78, 5) is 2.51. The molecule has 1 heterocycles. The molecule has 2 fully saturated rings. The zero-order valence-corrected chi connectivity index (χ0v) is 9.58. The molecule has 0 spiro atoms. The predicted octanol–water partition coefficient (Wildman–Crippen LogP) is 1.35. The molecule has 2 aliphatic rings. The molecule has 0 aromatic carbocycles. The lowest BCUT2D eigenvalue weighted by atomic mass is 9.93. The van der Waals surface area contributed by atoms with Crippen LogP contribution in [0.5, 0.6) is 0 Å². The zero-order valence-electron chi connectivity index (χ0n) is 9.58. The number of piperidine rings is 1. The quantitative estimate of drug-likeness (QED) is 0.760. The standard InChI is InChI=1S/C12H21N3/c1-10-8-15(7-2-11(10)14)9-12(3-4-12)5-6-13/h10-11H,2-5,7-9,14H2,1H3. The van der Waals surface area contributed by atoms with Crippen LogP contribution in [-0.4, -0.2) is 30.6 Å². The first-order chi connectivity index (χ1) is 7.15. The molecule has 0 amide bonds. The van der Waals surface area contributed by atoms with E-state index < -0.39 is 0 Å². The van der Waals surface area contributed by atoms with E-state index in [0.29, 0.717) is 17.4 Å². The molecule has 1 saturated carbocycles. The first-order valence-corrected chi connectivity index (χ1v) is 6.00. The molecule has 0 aromatic rings. The Kier molecular flexibility index (Phi) is 2.99. The summed E-state index contributed by atoms with van der Waals surface area (Å²) < 4.78 is 0. The molecule has 3 heteroatoms. The molecule has 1 saturated heterocycles. The van der Waals surface area contributed by atoms with Gasteiger partial charge in [-0.25, -0.2) is 0 Å². The van der Waals surface area contributed by atoms with E-state index >= 15 is 0 Å². The van der Waals surface area contributed by atoms with Gasteiger partial charge in [-0.3, -0.25) is 0 Å². The van der Waals surface area contributed by atoms with Crippen LogP contribution in [-0.2, 0) is 0 Å². The van der Waals surface area contributed by atoms with Crippen LogP contribution < -0.4 is 5.73 Å². The van der Waals surface area contributed by atoms with Crippen LogP contribution in [0.1, 0.15) is 32.6 Å². The Bertz CT molecular complexity index is 265. The van der Waals surface area contributed by atoms with Gasteiger partial charge in [0.25, 0.3) is 0 Å². The maximum atomic E-state index is 8.78. The summed E-state index contributed by atoms with van der Waals surface area (Å²) in [5.74, 6) is 0.608. The summed E-state index contributed by atoms with van der Waals surface area (Å²) in [6, 6.07) is 2.71. The summed E-state index contributed by atoms with van der Waals surface area (Å²) >= 11 is 0. The van der Waals surface area contributed by atoms with E-state index in [0.717, 1.165) is 32.5 Å². The average molecular weight is 207 g/mol. The van der Waals surface area contributed by atoms with E-state index in [1.807, 2.05) is 0 Å². The van der Waals surface area contributed by atoms with E-state index in [1.54, 1.807) is 0 Å². The summed E-state index contributed by atoms with van der Waals surface area (Å²) in [5, 5.41) is 8.78. The minimum atomic E-state index is 0.357. The fourth-order valence-electron chi connectivity index (χ4n) is 2.60. The van der Waals surface area contributed by atoms with Crippen LogP contribution >= 0.6 is 0 Å². The molecule has 0 bridgehead atoms. The third-order valence-corrected chi connectivity index (χ3v) is 4.03. The van der Waals surface area contributed by atoms with Gasteiger partial charge < -0.3 is 10.6 Å². The SMILES string of the molecule is CC1CN(CC2(CC#N)CC2)CCC1N. The molecule has 15 heavy (non-hydrogen) atoms. The lowest BCUT2D eigenvalue weighted by Crippen LogP contribution is -2.47. The number of rotatable bonds is 3. The van der Waals surface area contributed by atoms with Crippen molar-refractivity contribution < 1.29 is 0 Å². The molecule has 1 aliphatic carbocycles. The molecule has 2 rings (SSSR count). The normalized spacial score (nSPS) is 34.7. The van der Waals surface area contributed by atoms with Crippen molar-refractivity contribution in [3.8, 4) is 6.07 Å². The highest BCUT2D eigenvalue weighted by molar-refractivity contribution is 5.01. The van der Waals surface area contributed by atoms with Gasteiger partial charge in [-0.05, 0) is 37.1 Å². The summed E-state index contributed by atoms with van der Waals surface area (Å²) in [6.07, 6.45) is 4.35. The predicted molar refractivity (Wildman–Crippen MR) is 60.1 cm³/mol. The van der Waals surface area contributed by atoms with Gasteiger partial charge in [-0.15, -0.1) is 0 Å². The van der Waals surface area contributed by atoms with Gasteiger partial charge >= 0.3 is 0 Å². The van der Waals surface area contributed by atoms with E-state index in [-0.39, 0.29) is 0 Å². The van der Waals surface area contributed by atoms with Crippen molar-refractivity contribution in [1.29, 1.82) is 5.26 Å². The Labute approximate surface area is 92.2 Å². The Balaban J connectivity index is 1.83. The van der Waals surface area contributed by atoms with E-state index in [2.05, 4.69) is 17.9 Å². The lowest BCUT2D eigenvalue weighted by Gasteiger charge is -2.36. The monoisotopic (exact) mass is 207 g/mol. The number of nitriles is 1. The fourth-order valence-corrected chi connectivity index (χ4v) is 2.60. The van der Waals surface area contributed by atoms with Crippen LogP contribution in [0.3, 0.4) is 0 Å². The summed E-state index contributed by atoms with van der Waals surface area (Å²) in [6.45, 7) is 5.60. The fraction of sp³-hybridized carbons (Fsp3) is 0.917. The molecular weight excluding hydrogens is 186 g/mol. The Hall–Kier alpha value is -0.590. The molecule has 2 atom stereocenters. The number of hydrogen-bond donors (Lipinski definition) is 1. The van der Waals surface area contributed by atoms with E-state index in [4.69, 9.17) is 11.0 Å². The van der Waals surface area contributed by atoms with Crippen LogP contribution in [0.2, 0.25) is 0 Å². The highest BCUT2D eigenvalue weighted by Crippen LogP contribution is 2.49. The van der Waals surface area contributed by atoms with Crippen molar-refractivity contribution in [3.63, 3.8) is 0 Å². The molecule has 3 nitrogen and oxygen atoms in total. The van der Waals surface area contributed by atoms with Gasteiger partial charge in [0.2, 0.25) is 0 Å². The molecule has 0 radical (unpaired) electrons. The maximum absolute atomic E-state index is 8.78. The number of likely N-dealkylation sites (tertiary alicyclic amines) is 1. The second kappa shape index (κ2) is 4.11. The lowest BCUT2D eigenvalue weighted by molar-refractivity contribution is 0.137. The minimum Gasteiger partial charge on any atom is -0.327 e. The van der Waals surface area contributed by atoms with Crippen LogP contribution in [0.4, 0.5) is 0 Å². The maximum Gasteiger partial charge on any atom is 0.0628 e. The smallest absolute Gasteiger partial charge is 0.0628 e. The molecule has 84 valence electrons. The minimum absolute atomic E-state index is 0.357. The Morgan fingerprint density at radius 3 is 2.80 bits per heavy atom. The van der Waals surface area contributed by atoms with Crippen LogP contribution in [0.15, 0.2) is 0 Å². The number of nitrogens with zero attached hydrogens (tertiary/aromatic N) is 2. The van der Waals surface area contributed by atoms with Crippen molar-refractivity contribution in [1.82, 2.24) is 4.90 Å². The second-order valence-electron chi connectivity index (χ2n) is 5.50. The second-order valence-corrected chi connectivity index (χ2v) is 5.50. The highest BCUT2D eigenvalue weighted by atomic mass is 15.2. The van der Waals surface area contributed by atoms with Crippen molar-refractivity contribution in [2.75, 3.05) is 19.6 Å².